The zero-order valence-electron chi connectivity index (χ0n) is 14.1. The molecule has 0 bridgehead atoms. The number of nitrogen functional groups attached to an aromatic ring is 1. The zero-order valence-corrected chi connectivity index (χ0v) is 14.1. The summed E-state index contributed by atoms with van der Waals surface area (Å²) in [4.78, 5) is 0. The summed E-state index contributed by atoms with van der Waals surface area (Å²) >= 11 is 0. The highest BCUT2D eigenvalue weighted by Gasteiger charge is 2.17. The van der Waals surface area contributed by atoms with Crippen LogP contribution >= 0.6 is 0 Å². The summed E-state index contributed by atoms with van der Waals surface area (Å²) in [6.45, 7) is 11.8. The van der Waals surface area contributed by atoms with Crippen LogP contribution in [0.5, 0.6) is 0 Å². The summed E-state index contributed by atoms with van der Waals surface area (Å²) in [5.74, 6) is -2.07. The molecule has 0 amide bonds. The van der Waals surface area contributed by atoms with Gasteiger partial charge in [0.05, 0.1) is 5.56 Å². The molecule has 0 spiro atoms. The Bertz CT molecular complexity index is 671. The molecule has 2 rings (SSSR count). The van der Waals surface area contributed by atoms with Crippen LogP contribution in [-0.4, -0.2) is 0 Å². The molecule has 0 unspecified atom stereocenters. The molecule has 0 saturated heterocycles. The van der Waals surface area contributed by atoms with Crippen LogP contribution in [0.2, 0.25) is 0 Å². The normalized spacial score (nSPS) is 9.45. The molecular formula is C18H24F2N2. The van der Waals surface area contributed by atoms with E-state index in [0.29, 0.717) is 16.5 Å². The van der Waals surface area contributed by atoms with Gasteiger partial charge < -0.3 is 5.73 Å². The van der Waals surface area contributed by atoms with Gasteiger partial charge in [-0.1, -0.05) is 41.5 Å². The molecule has 2 aromatic rings. The van der Waals surface area contributed by atoms with Gasteiger partial charge in [0.2, 0.25) is 0 Å². The Morgan fingerprint density at radius 1 is 1.05 bits per heavy atom. The second kappa shape index (κ2) is 8.99. The van der Waals surface area contributed by atoms with E-state index in [1.54, 1.807) is 18.2 Å². The van der Waals surface area contributed by atoms with Crippen molar-refractivity contribution in [3.8, 4) is 6.07 Å². The summed E-state index contributed by atoms with van der Waals surface area (Å²) in [6, 6.07) is 6.06. The maximum Gasteiger partial charge on any atom is 0.177 e. The van der Waals surface area contributed by atoms with Gasteiger partial charge in [-0.15, -0.1) is 0 Å². The summed E-state index contributed by atoms with van der Waals surface area (Å²) in [5, 5.41) is 9.93. The summed E-state index contributed by atoms with van der Waals surface area (Å²) in [5.41, 5.74) is 6.71. The molecule has 0 aliphatic carbocycles. The van der Waals surface area contributed by atoms with Gasteiger partial charge in [0.1, 0.15) is 6.07 Å². The highest BCUT2D eigenvalue weighted by molar-refractivity contribution is 5.93. The standard InChI is InChI=1S/C14H12F2N2.2C2H6/c1-7(2)10-5-9(18)3-8-4-12(15)14(16)11(6-17)13(8)10;2*1-2/h3-5,7H,18H2,1-2H3;2*1-2H3. The Morgan fingerprint density at radius 3 is 2.05 bits per heavy atom. The fraction of sp³-hybridized carbons (Fsp3) is 0.389. The summed E-state index contributed by atoms with van der Waals surface area (Å²) in [6.07, 6.45) is 0. The van der Waals surface area contributed by atoms with Gasteiger partial charge in [-0.25, -0.2) is 8.78 Å². The maximum atomic E-state index is 13.6. The smallest absolute Gasteiger partial charge is 0.177 e. The number of fused-ring (bicyclic) bond motifs is 1. The van der Waals surface area contributed by atoms with E-state index in [1.807, 2.05) is 41.5 Å². The molecule has 0 saturated carbocycles. The van der Waals surface area contributed by atoms with E-state index in [4.69, 9.17) is 11.0 Å². The van der Waals surface area contributed by atoms with E-state index in [-0.39, 0.29) is 11.5 Å². The Balaban J connectivity index is 0.00000102. The van der Waals surface area contributed by atoms with Gasteiger partial charge >= 0.3 is 0 Å². The van der Waals surface area contributed by atoms with Crippen molar-refractivity contribution in [2.45, 2.75) is 47.5 Å². The lowest BCUT2D eigenvalue weighted by atomic mass is 9.92. The first-order chi connectivity index (χ1) is 10.5. The van der Waals surface area contributed by atoms with E-state index < -0.39 is 11.6 Å². The van der Waals surface area contributed by atoms with E-state index in [0.717, 1.165) is 11.6 Å². The second-order valence-corrected chi connectivity index (χ2v) is 4.52. The topological polar surface area (TPSA) is 49.8 Å². The van der Waals surface area contributed by atoms with Crippen LogP contribution in [0.25, 0.3) is 10.8 Å². The van der Waals surface area contributed by atoms with Crippen molar-refractivity contribution < 1.29 is 8.78 Å². The third-order valence-corrected chi connectivity index (χ3v) is 2.92. The van der Waals surface area contributed by atoms with Crippen LogP contribution in [0.15, 0.2) is 18.2 Å². The molecule has 0 aromatic heterocycles. The van der Waals surface area contributed by atoms with Gasteiger partial charge in [0, 0.05) is 11.1 Å². The third kappa shape index (κ3) is 3.94. The predicted octanol–water partition coefficient (Wildman–Crippen LogP) is 5.75. The largest absolute Gasteiger partial charge is 0.399 e. The third-order valence-electron chi connectivity index (χ3n) is 2.92. The lowest BCUT2D eigenvalue weighted by Crippen LogP contribution is -1.99. The fourth-order valence-corrected chi connectivity index (χ4v) is 2.10. The number of nitrogens with two attached hydrogens (primary N) is 1. The van der Waals surface area contributed by atoms with Crippen molar-refractivity contribution in [2.75, 3.05) is 5.73 Å². The van der Waals surface area contributed by atoms with Crippen molar-refractivity contribution in [1.29, 1.82) is 5.26 Å². The van der Waals surface area contributed by atoms with Crippen molar-refractivity contribution >= 4 is 16.5 Å². The molecule has 0 heterocycles. The van der Waals surface area contributed by atoms with Crippen LogP contribution in [0.3, 0.4) is 0 Å². The number of benzene rings is 2. The molecule has 22 heavy (non-hydrogen) atoms. The molecule has 0 atom stereocenters. The van der Waals surface area contributed by atoms with E-state index in [9.17, 15) is 8.78 Å². The predicted molar refractivity (Wildman–Crippen MR) is 89.8 cm³/mol. The number of anilines is 1. The first kappa shape index (κ1) is 19.9. The van der Waals surface area contributed by atoms with Gasteiger partial charge in [-0.05, 0) is 35.1 Å². The Hall–Kier alpha value is -2.15. The number of hydrogen-bond acceptors (Lipinski definition) is 2. The highest BCUT2D eigenvalue weighted by Crippen LogP contribution is 2.33. The van der Waals surface area contributed by atoms with Crippen molar-refractivity contribution in [3.63, 3.8) is 0 Å². The Labute approximate surface area is 131 Å². The van der Waals surface area contributed by atoms with Crippen LogP contribution in [0.4, 0.5) is 14.5 Å². The van der Waals surface area contributed by atoms with Gasteiger partial charge in [0.15, 0.2) is 11.6 Å². The van der Waals surface area contributed by atoms with Crippen molar-refractivity contribution in [2.24, 2.45) is 0 Å². The lowest BCUT2D eigenvalue weighted by Gasteiger charge is -2.13. The molecule has 0 fully saturated rings. The number of hydrogen-bond donors (Lipinski definition) is 1. The minimum absolute atomic E-state index is 0.0629. The lowest BCUT2D eigenvalue weighted by molar-refractivity contribution is 0.508. The number of halogens is 2. The molecule has 2 aromatic carbocycles. The Kier molecular flexibility index (Phi) is 8.11. The zero-order chi connectivity index (χ0) is 17.4. The average Bonchev–Trinajstić information content (AvgIpc) is 2.52. The first-order valence-electron chi connectivity index (χ1n) is 7.57. The molecular weight excluding hydrogens is 282 g/mol. The maximum absolute atomic E-state index is 13.6. The van der Waals surface area contributed by atoms with Crippen LogP contribution in [0, 0.1) is 23.0 Å². The van der Waals surface area contributed by atoms with E-state index in [2.05, 4.69) is 0 Å². The molecule has 120 valence electrons. The van der Waals surface area contributed by atoms with Crippen molar-refractivity contribution in [1.82, 2.24) is 0 Å². The SMILES string of the molecule is CC.CC.CC(C)c1cc(N)cc2cc(F)c(F)c(C#N)c12. The number of nitrogens with zero attached hydrogens (tertiary/aromatic N) is 1. The Morgan fingerprint density at radius 2 is 1.59 bits per heavy atom. The summed E-state index contributed by atoms with van der Waals surface area (Å²) in [7, 11) is 0. The van der Waals surface area contributed by atoms with Crippen LogP contribution < -0.4 is 5.73 Å². The summed E-state index contributed by atoms with van der Waals surface area (Å²) < 4.78 is 27.0. The first-order valence-corrected chi connectivity index (χ1v) is 7.57. The number of nitriles is 1. The van der Waals surface area contributed by atoms with Crippen LogP contribution in [-0.2, 0) is 0 Å². The molecule has 0 aliphatic heterocycles. The van der Waals surface area contributed by atoms with Gasteiger partial charge in [0.25, 0.3) is 0 Å². The minimum Gasteiger partial charge on any atom is -0.399 e. The average molecular weight is 306 g/mol. The molecule has 2 nitrogen and oxygen atoms in total. The highest BCUT2D eigenvalue weighted by atomic mass is 19.2. The molecule has 2 N–H and O–H groups in total. The number of rotatable bonds is 1. The fourth-order valence-electron chi connectivity index (χ4n) is 2.10. The molecule has 0 aliphatic rings. The van der Waals surface area contributed by atoms with Crippen LogP contribution in [0.1, 0.15) is 58.6 Å². The van der Waals surface area contributed by atoms with E-state index in [1.165, 1.54) is 0 Å². The van der Waals surface area contributed by atoms with Gasteiger partial charge in [-0.2, -0.15) is 5.26 Å². The molecule has 4 heteroatoms. The monoisotopic (exact) mass is 306 g/mol. The second-order valence-electron chi connectivity index (χ2n) is 4.52. The molecule has 0 radical (unpaired) electrons. The van der Waals surface area contributed by atoms with Crippen molar-refractivity contribution in [3.05, 3.63) is 41.0 Å². The van der Waals surface area contributed by atoms with Gasteiger partial charge in [-0.3, -0.25) is 0 Å². The minimum atomic E-state index is -1.10. The van der Waals surface area contributed by atoms with E-state index >= 15 is 0 Å². The quantitative estimate of drug-likeness (QED) is 0.682.